The number of carbonyl (C=O) groups is 1. The lowest BCUT2D eigenvalue weighted by atomic mass is 9.78. The van der Waals surface area contributed by atoms with Crippen LogP contribution in [0.25, 0.3) is 6.08 Å². The number of hydrogen-bond donors (Lipinski definition) is 0. The molecule has 0 aliphatic carbocycles. The van der Waals surface area contributed by atoms with E-state index in [4.69, 9.17) is 14.2 Å². The van der Waals surface area contributed by atoms with E-state index in [1.54, 1.807) is 13.2 Å². The SMILES string of the molecule is CCC(C)(CC)C(=O)C=Cc1cc(C(C)(C)C)cc(C(C)(C)C)c1OCOCCOC. The molecule has 0 saturated carbocycles. The molecule has 0 heterocycles. The van der Waals surface area contributed by atoms with Crippen molar-refractivity contribution in [3.63, 3.8) is 0 Å². The first kappa shape index (κ1) is 27.4. The molecule has 1 aromatic carbocycles. The van der Waals surface area contributed by atoms with Crippen LogP contribution in [0.1, 0.15) is 91.8 Å². The summed E-state index contributed by atoms with van der Waals surface area (Å²) in [4.78, 5) is 12.9. The summed E-state index contributed by atoms with van der Waals surface area (Å²) < 4.78 is 16.8. The van der Waals surface area contributed by atoms with Crippen molar-refractivity contribution in [2.24, 2.45) is 5.41 Å². The van der Waals surface area contributed by atoms with Crippen molar-refractivity contribution in [2.75, 3.05) is 27.1 Å². The highest BCUT2D eigenvalue weighted by molar-refractivity contribution is 5.98. The van der Waals surface area contributed by atoms with E-state index in [2.05, 4.69) is 67.5 Å². The van der Waals surface area contributed by atoms with Gasteiger partial charge in [-0.15, -0.1) is 0 Å². The van der Waals surface area contributed by atoms with Gasteiger partial charge in [-0.1, -0.05) is 68.4 Å². The molecule has 176 valence electrons. The van der Waals surface area contributed by atoms with Gasteiger partial charge in [-0.05, 0) is 47.5 Å². The number of benzene rings is 1. The van der Waals surface area contributed by atoms with Crippen molar-refractivity contribution in [3.05, 3.63) is 34.9 Å². The van der Waals surface area contributed by atoms with Crippen LogP contribution in [0.4, 0.5) is 0 Å². The molecule has 4 nitrogen and oxygen atoms in total. The van der Waals surface area contributed by atoms with Gasteiger partial charge in [0.25, 0.3) is 0 Å². The first-order valence-electron chi connectivity index (χ1n) is 11.4. The third kappa shape index (κ3) is 7.76. The number of rotatable bonds is 11. The van der Waals surface area contributed by atoms with Gasteiger partial charge in [0.2, 0.25) is 0 Å². The zero-order chi connectivity index (χ0) is 23.9. The van der Waals surface area contributed by atoms with Gasteiger partial charge in [0.15, 0.2) is 12.6 Å². The summed E-state index contributed by atoms with van der Waals surface area (Å²) in [6, 6.07) is 4.37. The van der Waals surface area contributed by atoms with Crippen LogP contribution >= 0.6 is 0 Å². The summed E-state index contributed by atoms with van der Waals surface area (Å²) in [5.41, 5.74) is 2.74. The first-order chi connectivity index (χ1) is 14.3. The topological polar surface area (TPSA) is 44.8 Å². The van der Waals surface area contributed by atoms with E-state index in [0.29, 0.717) is 13.2 Å². The molecule has 0 aliphatic heterocycles. The van der Waals surface area contributed by atoms with Crippen LogP contribution in [-0.2, 0) is 25.1 Å². The normalized spacial score (nSPS) is 13.1. The van der Waals surface area contributed by atoms with Gasteiger partial charge in [-0.3, -0.25) is 4.79 Å². The predicted octanol–water partition coefficient (Wildman–Crippen LogP) is 6.69. The van der Waals surface area contributed by atoms with Crippen LogP contribution in [-0.4, -0.2) is 32.9 Å². The molecule has 0 unspecified atom stereocenters. The summed E-state index contributed by atoms with van der Waals surface area (Å²) >= 11 is 0. The number of ketones is 1. The molecule has 0 N–H and O–H groups in total. The van der Waals surface area contributed by atoms with Gasteiger partial charge in [0, 0.05) is 23.7 Å². The van der Waals surface area contributed by atoms with Gasteiger partial charge >= 0.3 is 0 Å². The van der Waals surface area contributed by atoms with E-state index in [1.807, 2.05) is 13.0 Å². The van der Waals surface area contributed by atoms with Crippen LogP contribution in [0.15, 0.2) is 18.2 Å². The van der Waals surface area contributed by atoms with Crippen molar-refractivity contribution < 1.29 is 19.0 Å². The Balaban J connectivity index is 3.48. The van der Waals surface area contributed by atoms with Crippen LogP contribution in [0.5, 0.6) is 5.75 Å². The zero-order valence-corrected chi connectivity index (χ0v) is 21.5. The molecular weight excluding hydrogens is 388 g/mol. The molecule has 0 aliphatic rings. The minimum atomic E-state index is -0.338. The third-order valence-corrected chi connectivity index (χ3v) is 6.08. The maximum atomic E-state index is 12.9. The second kappa shape index (κ2) is 11.3. The van der Waals surface area contributed by atoms with E-state index in [0.717, 1.165) is 29.7 Å². The molecule has 0 fully saturated rings. The second-order valence-electron chi connectivity index (χ2n) is 10.6. The molecule has 0 spiro atoms. The van der Waals surface area contributed by atoms with Gasteiger partial charge in [-0.2, -0.15) is 0 Å². The zero-order valence-electron chi connectivity index (χ0n) is 21.5. The van der Waals surface area contributed by atoms with Crippen molar-refractivity contribution in [2.45, 2.75) is 86.0 Å². The molecule has 0 amide bonds. The Kier molecular flexibility index (Phi) is 9.97. The average Bonchev–Trinajstić information content (AvgIpc) is 2.69. The number of hydrogen-bond acceptors (Lipinski definition) is 4. The van der Waals surface area contributed by atoms with E-state index in [9.17, 15) is 4.79 Å². The Morgan fingerprint density at radius 3 is 2.03 bits per heavy atom. The number of ether oxygens (including phenoxy) is 3. The predicted molar refractivity (Wildman–Crippen MR) is 130 cm³/mol. The average molecular weight is 433 g/mol. The molecule has 0 saturated heterocycles. The highest BCUT2D eigenvalue weighted by Crippen LogP contribution is 2.39. The molecule has 31 heavy (non-hydrogen) atoms. The van der Waals surface area contributed by atoms with Crippen molar-refractivity contribution in [1.29, 1.82) is 0 Å². The van der Waals surface area contributed by atoms with E-state index in [1.165, 1.54) is 5.56 Å². The van der Waals surface area contributed by atoms with E-state index < -0.39 is 0 Å². The Hall–Kier alpha value is -1.65. The molecule has 0 aromatic heterocycles. The highest BCUT2D eigenvalue weighted by Gasteiger charge is 2.28. The summed E-state index contributed by atoms with van der Waals surface area (Å²) in [6.07, 6.45) is 5.28. The largest absolute Gasteiger partial charge is 0.467 e. The summed E-state index contributed by atoms with van der Waals surface area (Å²) in [6.45, 7) is 20.4. The fourth-order valence-corrected chi connectivity index (χ4v) is 3.19. The van der Waals surface area contributed by atoms with Gasteiger partial charge in [0.05, 0.1) is 13.2 Å². The maximum Gasteiger partial charge on any atom is 0.189 e. The number of allylic oxidation sites excluding steroid dienone is 1. The van der Waals surface area contributed by atoms with Crippen LogP contribution in [0, 0.1) is 5.41 Å². The molecule has 4 heteroatoms. The van der Waals surface area contributed by atoms with Crippen LogP contribution in [0.3, 0.4) is 0 Å². The third-order valence-electron chi connectivity index (χ3n) is 6.08. The van der Waals surface area contributed by atoms with Crippen molar-refractivity contribution >= 4 is 11.9 Å². The van der Waals surface area contributed by atoms with Crippen molar-refractivity contribution in [3.8, 4) is 5.75 Å². The Labute approximate surface area is 190 Å². The lowest BCUT2D eigenvalue weighted by Gasteiger charge is -2.29. The lowest BCUT2D eigenvalue weighted by Crippen LogP contribution is -2.24. The monoisotopic (exact) mass is 432 g/mol. The molecule has 1 rings (SSSR count). The Bertz CT molecular complexity index is 744. The molecule has 0 bridgehead atoms. The molecule has 1 aromatic rings. The highest BCUT2D eigenvalue weighted by atomic mass is 16.7. The minimum absolute atomic E-state index is 0.0263. The van der Waals surface area contributed by atoms with Crippen LogP contribution in [0.2, 0.25) is 0 Å². The van der Waals surface area contributed by atoms with E-state index in [-0.39, 0.29) is 28.8 Å². The fraction of sp³-hybridized carbons (Fsp3) is 0.667. The molecule has 0 radical (unpaired) electrons. The lowest BCUT2D eigenvalue weighted by molar-refractivity contribution is -0.123. The van der Waals surface area contributed by atoms with Gasteiger partial charge in [0.1, 0.15) is 5.75 Å². The number of methoxy groups -OCH3 is 1. The van der Waals surface area contributed by atoms with Gasteiger partial charge in [-0.25, -0.2) is 0 Å². The summed E-state index contributed by atoms with van der Waals surface area (Å²) in [5.74, 6) is 0.926. The van der Waals surface area contributed by atoms with Crippen LogP contribution < -0.4 is 4.74 Å². The Morgan fingerprint density at radius 2 is 1.55 bits per heavy atom. The van der Waals surface area contributed by atoms with Crippen molar-refractivity contribution in [1.82, 2.24) is 0 Å². The Morgan fingerprint density at radius 1 is 0.935 bits per heavy atom. The summed E-state index contributed by atoms with van der Waals surface area (Å²) in [5, 5.41) is 0. The first-order valence-corrected chi connectivity index (χ1v) is 11.4. The smallest absolute Gasteiger partial charge is 0.189 e. The van der Waals surface area contributed by atoms with Gasteiger partial charge < -0.3 is 14.2 Å². The fourth-order valence-electron chi connectivity index (χ4n) is 3.19. The standard InChI is InChI=1S/C27H44O4/c1-11-27(9,12-2)23(28)14-13-20-17-21(25(3,4)5)18-22(26(6,7)8)24(20)31-19-30-16-15-29-10/h13-14,17-18H,11-12,15-16,19H2,1-10H3. The quantitative estimate of drug-likeness (QED) is 0.222. The molecule has 0 atom stereocenters. The minimum Gasteiger partial charge on any atom is -0.467 e. The molecular formula is C27H44O4. The van der Waals surface area contributed by atoms with E-state index >= 15 is 0 Å². The summed E-state index contributed by atoms with van der Waals surface area (Å²) in [7, 11) is 1.65. The maximum absolute atomic E-state index is 12.9. The second-order valence-corrected chi connectivity index (χ2v) is 10.6. The number of carbonyl (C=O) groups excluding carboxylic acids is 1.